The first-order chi connectivity index (χ1) is 13.1. The molecule has 0 aliphatic rings. The molecule has 0 aliphatic heterocycles. The molecular weight excluding hydrogens is 410 g/mol. The fourth-order valence-corrected chi connectivity index (χ4v) is 2.99. The van der Waals surface area contributed by atoms with Gasteiger partial charge in [-0.05, 0) is 52.3 Å². The molecule has 0 fully saturated rings. The highest BCUT2D eigenvalue weighted by Crippen LogP contribution is 2.28. The number of nitrogens with zero attached hydrogens (tertiary/aromatic N) is 2. The molecule has 27 heavy (non-hydrogen) atoms. The number of oxazole rings is 1. The Morgan fingerprint density at radius 2 is 2.04 bits per heavy atom. The van der Waals surface area contributed by atoms with E-state index in [0.717, 1.165) is 15.8 Å². The molecule has 134 valence electrons. The summed E-state index contributed by atoms with van der Waals surface area (Å²) in [6.07, 6.45) is 3.13. The van der Waals surface area contributed by atoms with Crippen molar-refractivity contribution < 1.29 is 13.9 Å². The molecule has 6 nitrogen and oxygen atoms in total. The van der Waals surface area contributed by atoms with Crippen molar-refractivity contribution in [3.8, 4) is 17.2 Å². The summed E-state index contributed by atoms with van der Waals surface area (Å²) < 4.78 is 11.8. The number of carbonyl (C=O) groups excluding carboxylic acids is 1. The van der Waals surface area contributed by atoms with Crippen LogP contribution in [-0.2, 0) is 0 Å². The Kier molecular flexibility index (Phi) is 4.60. The fourth-order valence-electron chi connectivity index (χ4n) is 2.62. The zero-order valence-electron chi connectivity index (χ0n) is 14.3. The summed E-state index contributed by atoms with van der Waals surface area (Å²) in [4.78, 5) is 20.9. The number of nitrogens with one attached hydrogen (secondary N) is 1. The lowest BCUT2D eigenvalue weighted by Gasteiger charge is -2.04. The molecule has 0 saturated heterocycles. The second-order valence-corrected chi connectivity index (χ2v) is 6.70. The number of halogens is 1. The van der Waals surface area contributed by atoms with Crippen LogP contribution in [0.4, 0.5) is 5.69 Å². The normalized spacial score (nSPS) is 10.7. The van der Waals surface area contributed by atoms with E-state index in [4.69, 9.17) is 9.15 Å². The number of aromatic nitrogens is 2. The molecule has 0 aliphatic carbocycles. The van der Waals surface area contributed by atoms with Gasteiger partial charge in [-0.25, -0.2) is 4.98 Å². The number of carbonyl (C=O) groups is 1. The van der Waals surface area contributed by atoms with Crippen LogP contribution < -0.4 is 10.1 Å². The number of ether oxygens (including phenoxy) is 1. The van der Waals surface area contributed by atoms with E-state index in [1.165, 1.54) is 6.20 Å². The minimum Gasteiger partial charge on any atom is -0.497 e. The Labute approximate surface area is 163 Å². The van der Waals surface area contributed by atoms with E-state index in [-0.39, 0.29) is 5.91 Å². The maximum atomic E-state index is 12.4. The van der Waals surface area contributed by atoms with E-state index >= 15 is 0 Å². The summed E-state index contributed by atoms with van der Waals surface area (Å²) in [5.41, 5.74) is 3.17. The smallest absolute Gasteiger partial charge is 0.257 e. The van der Waals surface area contributed by atoms with Crippen molar-refractivity contribution in [1.82, 2.24) is 9.97 Å². The maximum absolute atomic E-state index is 12.4. The highest BCUT2D eigenvalue weighted by molar-refractivity contribution is 9.10. The second kappa shape index (κ2) is 7.20. The topological polar surface area (TPSA) is 77.2 Å². The quantitative estimate of drug-likeness (QED) is 0.504. The van der Waals surface area contributed by atoms with Gasteiger partial charge >= 0.3 is 0 Å². The summed E-state index contributed by atoms with van der Waals surface area (Å²) in [7, 11) is 1.61. The molecule has 2 aromatic carbocycles. The van der Waals surface area contributed by atoms with Gasteiger partial charge in [0.15, 0.2) is 5.58 Å². The SMILES string of the molecule is COc1cccc(-c2nc3ccc(NC(=O)c4cncc(Br)c4)cc3o2)c1. The van der Waals surface area contributed by atoms with Crippen molar-refractivity contribution >= 4 is 38.6 Å². The van der Waals surface area contributed by atoms with E-state index in [2.05, 4.69) is 31.2 Å². The van der Waals surface area contributed by atoms with Crippen LogP contribution in [0.3, 0.4) is 0 Å². The van der Waals surface area contributed by atoms with Gasteiger partial charge in [-0.1, -0.05) is 6.07 Å². The molecule has 2 aromatic heterocycles. The molecule has 4 rings (SSSR count). The number of anilines is 1. The third-order valence-electron chi connectivity index (χ3n) is 3.93. The molecule has 0 atom stereocenters. The lowest BCUT2D eigenvalue weighted by Crippen LogP contribution is -2.12. The number of benzene rings is 2. The van der Waals surface area contributed by atoms with Gasteiger partial charge in [0.2, 0.25) is 5.89 Å². The maximum Gasteiger partial charge on any atom is 0.257 e. The predicted octanol–water partition coefficient (Wildman–Crippen LogP) is 4.91. The molecular formula is C20H14BrN3O3. The monoisotopic (exact) mass is 423 g/mol. The van der Waals surface area contributed by atoms with Gasteiger partial charge in [0.1, 0.15) is 11.3 Å². The summed E-state index contributed by atoms with van der Waals surface area (Å²) in [5, 5.41) is 2.84. The first kappa shape index (κ1) is 17.2. The van der Waals surface area contributed by atoms with Gasteiger partial charge in [-0.3, -0.25) is 9.78 Å². The predicted molar refractivity (Wildman–Crippen MR) is 106 cm³/mol. The number of amides is 1. The van der Waals surface area contributed by atoms with Gasteiger partial charge < -0.3 is 14.5 Å². The Hall–Kier alpha value is -3.19. The highest BCUT2D eigenvalue weighted by Gasteiger charge is 2.12. The Morgan fingerprint density at radius 3 is 2.85 bits per heavy atom. The molecule has 0 unspecified atom stereocenters. The van der Waals surface area contributed by atoms with Crippen LogP contribution in [0.2, 0.25) is 0 Å². The number of hydrogen-bond donors (Lipinski definition) is 1. The Morgan fingerprint density at radius 1 is 1.15 bits per heavy atom. The molecule has 0 saturated carbocycles. The zero-order valence-corrected chi connectivity index (χ0v) is 15.9. The van der Waals surface area contributed by atoms with Crippen LogP contribution in [0.5, 0.6) is 5.75 Å². The van der Waals surface area contributed by atoms with Crippen LogP contribution in [0.25, 0.3) is 22.6 Å². The number of hydrogen-bond acceptors (Lipinski definition) is 5. The lowest BCUT2D eigenvalue weighted by molar-refractivity contribution is 0.102. The van der Waals surface area contributed by atoms with Gasteiger partial charge in [0, 0.05) is 34.2 Å². The van der Waals surface area contributed by atoms with E-state index < -0.39 is 0 Å². The summed E-state index contributed by atoms with van der Waals surface area (Å²) in [6, 6.07) is 14.5. The van der Waals surface area contributed by atoms with Crippen molar-refractivity contribution in [3.05, 3.63) is 71.0 Å². The fraction of sp³-hybridized carbons (Fsp3) is 0.0500. The van der Waals surface area contributed by atoms with Crippen LogP contribution in [0.15, 0.2) is 69.8 Å². The molecule has 0 bridgehead atoms. The zero-order chi connectivity index (χ0) is 18.8. The van der Waals surface area contributed by atoms with Crippen LogP contribution in [-0.4, -0.2) is 23.0 Å². The van der Waals surface area contributed by atoms with E-state index in [1.807, 2.05) is 24.3 Å². The summed E-state index contributed by atoms with van der Waals surface area (Å²) >= 11 is 3.31. The average Bonchev–Trinajstić information content (AvgIpc) is 3.11. The first-order valence-electron chi connectivity index (χ1n) is 8.09. The molecule has 1 amide bonds. The number of methoxy groups -OCH3 is 1. The Balaban J connectivity index is 1.61. The van der Waals surface area contributed by atoms with E-state index in [1.54, 1.807) is 37.6 Å². The van der Waals surface area contributed by atoms with Crippen LogP contribution in [0, 0.1) is 0 Å². The van der Waals surface area contributed by atoms with Crippen molar-refractivity contribution in [2.75, 3.05) is 12.4 Å². The summed E-state index contributed by atoms with van der Waals surface area (Å²) in [6.45, 7) is 0. The Bertz CT molecular complexity index is 1140. The van der Waals surface area contributed by atoms with Gasteiger partial charge in [0.05, 0.1) is 12.7 Å². The molecule has 0 radical (unpaired) electrons. The molecule has 1 N–H and O–H groups in total. The largest absolute Gasteiger partial charge is 0.497 e. The first-order valence-corrected chi connectivity index (χ1v) is 8.88. The number of pyridine rings is 1. The van der Waals surface area contributed by atoms with Gasteiger partial charge in [0.25, 0.3) is 5.91 Å². The van der Waals surface area contributed by atoms with Gasteiger partial charge in [-0.15, -0.1) is 0 Å². The van der Waals surface area contributed by atoms with E-state index in [9.17, 15) is 4.79 Å². The standard InChI is InChI=1S/C20H14BrN3O3/c1-26-16-4-2-3-12(8-16)20-24-17-6-5-15(9-18(17)27-20)23-19(25)13-7-14(21)11-22-10-13/h2-11H,1H3,(H,23,25). The second-order valence-electron chi connectivity index (χ2n) is 5.78. The molecule has 7 heteroatoms. The van der Waals surface area contributed by atoms with Crippen LogP contribution in [0.1, 0.15) is 10.4 Å². The summed E-state index contributed by atoms with van der Waals surface area (Å²) in [5.74, 6) is 0.963. The average molecular weight is 424 g/mol. The third kappa shape index (κ3) is 3.68. The molecule has 2 heterocycles. The third-order valence-corrected chi connectivity index (χ3v) is 4.36. The minimum atomic E-state index is -0.254. The van der Waals surface area contributed by atoms with E-state index in [0.29, 0.717) is 28.2 Å². The molecule has 0 spiro atoms. The van der Waals surface area contributed by atoms with Crippen LogP contribution >= 0.6 is 15.9 Å². The van der Waals surface area contributed by atoms with Crippen molar-refractivity contribution in [2.45, 2.75) is 0 Å². The minimum absolute atomic E-state index is 0.254. The van der Waals surface area contributed by atoms with Crippen molar-refractivity contribution in [1.29, 1.82) is 0 Å². The number of rotatable bonds is 4. The lowest BCUT2D eigenvalue weighted by atomic mass is 10.2. The van der Waals surface area contributed by atoms with Crippen molar-refractivity contribution in [3.63, 3.8) is 0 Å². The number of fused-ring (bicyclic) bond motifs is 1. The van der Waals surface area contributed by atoms with Crippen molar-refractivity contribution in [2.24, 2.45) is 0 Å². The highest BCUT2D eigenvalue weighted by atomic mass is 79.9. The molecule has 4 aromatic rings. The van der Waals surface area contributed by atoms with Gasteiger partial charge in [-0.2, -0.15) is 0 Å².